The minimum Gasteiger partial charge on any atom is -0.508 e. The number of hydrogen-bond acceptors (Lipinski definition) is 14. The number of carbonyl (C=O) groups is 12. The highest BCUT2D eigenvalue weighted by molar-refractivity contribution is 5.97. The molecule has 0 aromatic heterocycles. The van der Waals surface area contributed by atoms with Crippen LogP contribution < -0.4 is 43.0 Å². The molecule has 8 amide bonds. The first-order valence-electron chi connectivity index (χ1n) is 23.7. The molecular formula is C48H65N9O17. The second kappa shape index (κ2) is 30.0. The van der Waals surface area contributed by atoms with E-state index in [4.69, 9.17) is 10.8 Å². The first-order chi connectivity index (χ1) is 34.9. The molecule has 0 saturated carbocycles. The maximum absolute atomic E-state index is 14.0. The largest absolute Gasteiger partial charge is 0.508 e. The van der Waals surface area contributed by atoms with E-state index in [2.05, 4.69) is 37.2 Å². The van der Waals surface area contributed by atoms with Crippen molar-refractivity contribution in [2.75, 3.05) is 19.6 Å². The van der Waals surface area contributed by atoms with E-state index in [0.29, 0.717) is 11.1 Å². The Morgan fingerprint density at radius 3 is 1.68 bits per heavy atom. The number of likely N-dealkylation sites (tertiary alicyclic amines) is 1. The standard InChI is InChI=1S/C48H65N9O17/c1-26(2)21-33(44(69)56-35(48(73)74)23-27-7-4-3-5-8-27)55-43(68)31(15-18-40(63)64)52-38(60)25-50-37(59)24-51-46(71)36-9-6-20-57(36)47(72)32(16-19-41(65)66)53-45(70)34(22-28-10-12-29(58)13-11-28)54-42(67)30(49)14-17-39(61)62/h3-5,7-8,10-13,26,30-36,58H,6,9,14-25,49H2,1-2H3,(H,50,59)(H,51,71)(H,52,60)(H,53,70)(H,54,67)(H,55,68)(H,56,69)(H,61,62)(H,63,64)(H,65,66)(H,73,74)/t30-,31-,32-,33-,34-,35-,36-/m0/s1. The van der Waals surface area contributed by atoms with Crippen LogP contribution in [0.25, 0.3) is 0 Å². The van der Waals surface area contributed by atoms with Gasteiger partial charge in [-0.1, -0.05) is 56.3 Å². The smallest absolute Gasteiger partial charge is 0.326 e. The van der Waals surface area contributed by atoms with Gasteiger partial charge in [-0.2, -0.15) is 0 Å². The number of nitrogens with one attached hydrogen (secondary N) is 7. The number of carboxylic acid groups (broad SMARTS) is 4. The average molecular weight is 1040 g/mol. The van der Waals surface area contributed by atoms with Gasteiger partial charge in [0.25, 0.3) is 0 Å². The summed E-state index contributed by atoms with van der Waals surface area (Å²) in [5, 5.41) is 64.1. The number of aromatic hydroxyl groups is 1. The van der Waals surface area contributed by atoms with E-state index in [9.17, 15) is 78.0 Å². The fourth-order valence-corrected chi connectivity index (χ4v) is 7.67. The van der Waals surface area contributed by atoms with Gasteiger partial charge in [-0.15, -0.1) is 0 Å². The zero-order valence-electron chi connectivity index (χ0n) is 40.9. The quantitative estimate of drug-likeness (QED) is 0.0384. The fourth-order valence-electron chi connectivity index (χ4n) is 7.67. The van der Waals surface area contributed by atoms with Gasteiger partial charge in [-0.3, -0.25) is 52.7 Å². The van der Waals surface area contributed by atoms with E-state index >= 15 is 0 Å². The second-order valence-electron chi connectivity index (χ2n) is 18.0. The molecule has 7 atom stereocenters. The zero-order valence-corrected chi connectivity index (χ0v) is 40.9. The van der Waals surface area contributed by atoms with Crippen LogP contribution in [-0.2, 0) is 70.4 Å². The van der Waals surface area contributed by atoms with Crippen LogP contribution in [0.5, 0.6) is 5.75 Å². The van der Waals surface area contributed by atoms with Gasteiger partial charge in [0, 0.05) is 38.6 Å². The Kier molecular flexibility index (Phi) is 24.4. The van der Waals surface area contributed by atoms with Crippen LogP contribution >= 0.6 is 0 Å². The van der Waals surface area contributed by atoms with Crippen LogP contribution in [0.1, 0.15) is 82.8 Å². The number of aliphatic carboxylic acids is 4. The lowest BCUT2D eigenvalue weighted by molar-refractivity contribution is -0.143. The first-order valence-corrected chi connectivity index (χ1v) is 23.7. The van der Waals surface area contributed by atoms with Gasteiger partial charge in [0.15, 0.2) is 0 Å². The molecule has 0 spiro atoms. The summed E-state index contributed by atoms with van der Waals surface area (Å²) in [6.45, 7) is 1.96. The molecule has 3 rings (SSSR count). The molecule has 2 aromatic rings. The summed E-state index contributed by atoms with van der Waals surface area (Å²) >= 11 is 0. The van der Waals surface area contributed by atoms with E-state index in [-0.39, 0.29) is 56.7 Å². The molecule has 0 unspecified atom stereocenters. The topological polar surface area (TPSA) is 419 Å². The summed E-state index contributed by atoms with van der Waals surface area (Å²) in [4.78, 5) is 154. The minimum absolute atomic E-state index is 0.0224. The summed E-state index contributed by atoms with van der Waals surface area (Å²) in [6, 6.07) is 4.27. The number of benzene rings is 2. The van der Waals surface area contributed by atoms with E-state index < -0.39 is 159 Å². The molecule has 1 saturated heterocycles. The Morgan fingerprint density at radius 1 is 0.581 bits per heavy atom. The lowest BCUT2D eigenvalue weighted by Crippen LogP contribution is -2.58. The molecule has 404 valence electrons. The number of carboxylic acids is 4. The second-order valence-corrected chi connectivity index (χ2v) is 18.0. The Hall–Kier alpha value is -8.16. The summed E-state index contributed by atoms with van der Waals surface area (Å²) in [5.41, 5.74) is 6.92. The number of nitrogens with zero attached hydrogens (tertiary/aromatic N) is 1. The van der Waals surface area contributed by atoms with Crippen molar-refractivity contribution in [3.63, 3.8) is 0 Å². The lowest BCUT2D eigenvalue weighted by Gasteiger charge is -2.30. The SMILES string of the molecule is CC(C)C[C@H](NC(=O)[C@H](CCC(=O)O)NC(=O)CNC(=O)CNC(=O)[C@@H]1CCCN1C(=O)[C@H](CCC(=O)O)NC(=O)[C@H](Cc1ccc(O)cc1)NC(=O)[C@@H](N)CCC(=O)O)C(=O)N[C@@H](Cc1ccccc1)C(=O)O. The molecule has 0 aliphatic carbocycles. The van der Waals surface area contributed by atoms with Gasteiger partial charge in [0.05, 0.1) is 19.1 Å². The van der Waals surface area contributed by atoms with Crippen molar-refractivity contribution < 1.29 is 83.1 Å². The molecule has 74 heavy (non-hydrogen) atoms. The third-order valence-corrected chi connectivity index (χ3v) is 11.5. The monoisotopic (exact) mass is 1040 g/mol. The Morgan fingerprint density at radius 2 is 1.08 bits per heavy atom. The maximum atomic E-state index is 14.0. The van der Waals surface area contributed by atoms with Crippen molar-refractivity contribution >= 4 is 71.1 Å². The van der Waals surface area contributed by atoms with Gasteiger partial charge in [-0.05, 0) is 67.7 Å². The molecule has 2 aromatic carbocycles. The van der Waals surface area contributed by atoms with Crippen molar-refractivity contribution in [1.29, 1.82) is 0 Å². The van der Waals surface area contributed by atoms with Crippen molar-refractivity contribution in [3.8, 4) is 5.75 Å². The molecule has 1 fully saturated rings. The lowest BCUT2D eigenvalue weighted by atomic mass is 10.0. The van der Waals surface area contributed by atoms with Crippen molar-refractivity contribution in [3.05, 3.63) is 65.7 Å². The number of nitrogens with two attached hydrogens (primary N) is 1. The molecule has 26 nitrogen and oxygen atoms in total. The van der Waals surface area contributed by atoms with Crippen LogP contribution in [0.15, 0.2) is 54.6 Å². The van der Waals surface area contributed by atoms with Crippen LogP contribution in [-0.4, -0.2) is 163 Å². The molecule has 26 heteroatoms. The highest BCUT2D eigenvalue weighted by Crippen LogP contribution is 2.21. The molecule has 1 aliphatic rings. The molecule has 1 heterocycles. The summed E-state index contributed by atoms with van der Waals surface area (Å²) in [5.74, 6) is -12.7. The van der Waals surface area contributed by atoms with Crippen molar-refractivity contribution in [2.24, 2.45) is 11.7 Å². The highest BCUT2D eigenvalue weighted by atomic mass is 16.4. The number of hydrogen-bond donors (Lipinski definition) is 13. The third-order valence-electron chi connectivity index (χ3n) is 11.5. The Balaban J connectivity index is 1.65. The van der Waals surface area contributed by atoms with Crippen LogP contribution in [0, 0.1) is 5.92 Å². The van der Waals surface area contributed by atoms with Crippen molar-refractivity contribution in [1.82, 2.24) is 42.1 Å². The number of amides is 8. The molecule has 0 radical (unpaired) electrons. The summed E-state index contributed by atoms with van der Waals surface area (Å²) in [7, 11) is 0. The van der Waals surface area contributed by atoms with Crippen LogP contribution in [0.3, 0.4) is 0 Å². The Labute approximate surface area is 424 Å². The summed E-state index contributed by atoms with van der Waals surface area (Å²) < 4.78 is 0. The van der Waals surface area contributed by atoms with Crippen LogP contribution in [0.4, 0.5) is 0 Å². The average Bonchev–Trinajstić information content (AvgIpc) is 3.84. The first kappa shape index (κ1) is 60.1. The van der Waals surface area contributed by atoms with Crippen molar-refractivity contribution in [2.45, 2.75) is 127 Å². The summed E-state index contributed by atoms with van der Waals surface area (Å²) in [6.07, 6.45) is -2.74. The van der Waals surface area contributed by atoms with E-state index in [1.807, 2.05) is 0 Å². The van der Waals surface area contributed by atoms with E-state index in [1.54, 1.807) is 44.2 Å². The van der Waals surface area contributed by atoms with E-state index in [0.717, 1.165) is 4.90 Å². The molecular weight excluding hydrogens is 975 g/mol. The fraction of sp³-hybridized carbons (Fsp3) is 0.500. The van der Waals surface area contributed by atoms with Gasteiger partial charge in [0.2, 0.25) is 47.3 Å². The maximum Gasteiger partial charge on any atom is 0.326 e. The normalized spacial score (nSPS) is 15.4. The molecule has 14 N–H and O–H groups in total. The molecule has 1 aliphatic heterocycles. The van der Waals surface area contributed by atoms with Crippen LogP contribution in [0.2, 0.25) is 0 Å². The van der Waals surface area contributed by atoms with Gasteiger partial charge in [0.1, 0.15) is 42.0 Å². The van der Waals surface area contributed by atoms with Gasteiger partial charge in [-0.25, -0.2) is 4.79 Å². The van der Waals surface area contributed by atoms with E-state index in [1.165, 1.54) is 24.3 Å². The number of phenolic OH excluding ortho intramolecular Hbond substituents is 1. The van der Waals surface area contributed by atoms with Gasteiger partial charge < -0.3 is 73.4 Å². The number of rotatable bonds is 31. The zero-order chi connectivity index (χ0) is 55.1. The molecule has 0 bridgehead atoms. The van der Waals surface area contributed by atoms with Gasteiger partial charge >= 0.3 is 23.9 Å². The predicted octanol–water partition coefficient (Wildman–Crippen LogP) is -2.12. The Bertz CT molecular complexity index is 2330. The predicted molar refractivity (Wildman–Crippen MR) is 258 cm³/mol. The third kappa shape index (κ3) is 21.3. The highest BCUT2D eigenvalue weighted by Gasteiger charge is 2.39. The minimum atomic E-state index is -1.55. The number of phenols is 1. The number of carbonyl (C=O) groups excluding carboxylic acids is 8.